The van der Waals surface area contributed by atoms with Gasteiger partial charge in [-0.1, -0.05) is 43.0 Å². The minimum Gasteiger partial charge on any atom is -0.445 e. The van der Waals surface area contributed by atoms with E-state index in [4.69, 9.17) is 9.47 Å². The lowest BCUT2D eigenvalue weighted by Crippen LogP contribution is -2.46. The van der Waals surface area contributed by atoms with Gasteiger partial charge in [-0.3, -0.25) is 4.79 Å². The molecule has 30 heavy (non-hydrogen) atoms. The van der Waals surface area contributed by atoms with E-state index in [2.05, 4.69) is 22.5 Å². The van der Waals surface area contributed by atoms with Crippen LogP contribution < -0.4 is 16.0 Å². The topological polar surface area (TPSA) is 106 Å². The molecule has 0 fully saturated rings. The summed E-state index contributed by atoms with van der Waals surface area (Å²) in [6.45, 7) is 9.70. The van der Waals surface area contributed by atoms with E-state index in [1.807, 2.05) is 30.3 Å². The van der Waals surface area contributed by atoms with Crippen LogP contribution in [0.15, 0.2) is 43.0 Å². The third kappa shape index (κ3) is 11.7. The van der Waals surface area contributed by atoms with Crippen LogP contribution in [0, 0.1) is 0 Å². The number of benzene rings is 1. The van der Waals surface area contributed by atoms with Crippen LogP contribution in [0.1, 0.15) is 45.6 Å². The zero-order valence-corrected chi connectivity index (χ0v) is 18.0. The molecule has 0 aromatic heterocycles. The van der Waals surface area contributed by atoms with Gasteiger partial charge in [-0.05, 0) is 45.6 Å². The Labute approximate surface area is 178 Å². The molecule has 1 aromatic carbocycles. The molecule has 1 aromatic rings. The third-order valence-electron chi connectivity index (χ3n) is 3.84. The van der Waals surface area contributed by atoms with Gasteiger partial charge >= 0.3 is 12.2 Å². The van der Waals surface area contributed by atoms with Crippen molar-refractivity contribution in [2.75, 3.05) is 13.2 Å². The molecule has 3 N–H and O–H groups in total. The lowest BCUT2D eigenvalue weighted by molar-refractivity contribution is -0.123. The van der Waals surface area contributed by atoms with E-state index in [9.17, 15) is 14.4 Å². The first-order valence-electron chi connectivity index (χ1n) is 10.0. The van der Waals surface area contributed by atoms with Crippen LogP contribution >= 0.6 is 0 Å². The average Bonchev–Trinajstić information content (AvgIpc) is 2.68. The lowest BCUT2D eigenvalue weighted by atomic mass is 10.1. The molecule has 0 aliphatic heterocycles. The van der Waals surface area contributed by atoms with Gasteiger partial charge in [0, 0.05) is 13.1 Å². The van der Waals surface area contributed by atoms with E-state index in [-0.39, 0.29) is 12.5 Å². The Bertz CT molecular complexity index is 686. The van der Waals surface area contributed by atoms with Crippen molar-refractivity contribution in [1.82, 2.24) is 16.0 Å². The summed E-state index contributed by atoms with van der Waals surface area (Å²) in [6.07, 6.45) is 1.94. The molecule has 0 saturated carbocycles. The molecular formula is C22H33N3O5. The molecule has 0 spiro atoms. The van der Waals surface area contributed by atoms with Crippen molar-refractivity contribution in [2.45, 2.75) is 58.2 Å². The zero-order chi connectivity index (χ0) is 22.4. The fraction of sp³-hybridized carbons (Fsp3) is 0.500. The second kappa shape index (κ2) is 13.2. The highest BCUT2D eigenvalue weighted by Crippen LogP contribution is 2.07. The largest absolute Gasteiger partial charge is 0.445 e. The summed E-state index contributed by atoms with van der Waals surface area (Å²) in [7, 11) is 0. The molecule has 0 bridgehead atoms. The molecule has 8 heteroatoms. The van der Waals surface area contributed by atoms with Crippen LogP contribution in [0.5, 0.6) is 0 Å². The Morgan fingerprint density at radius 1 is 1.07 bits per heavy atom. The number of ether oxygens (including phenoxy) is 2. The van der Waals surface area contributed by atoms with Gasteiger partial charge in [0.2, 0.25) is 5.91 Å². The number of amides is 3. The van der Waals surface area contributed by atoms with Crippen molar-refractivity contribution in [1.29, 1.82) is 0 Å². The number of carbonyl (C=O) groups excluding carboxylic acids is 3. The molecule has 1 rings (SSSR count). The van der Waals surface area contributed by atoms with Crippen molar-refractivity contribution in [3.8, 4) is 0 Å². The van der Waals surface area contributed by atoms with Crippen molar-refractivity contribution in [2.24, 2.45) is 0 Å². The Morgan fingerprint density at radius 2 is 1.77 bits per heavy atom. The van der Waals surface area contributed by atoms with Gasteiger partial charge in [0.25, 0.3) is 0 Å². The van der Waals surface area contributed by atoms with Gasteiger partial charge in [0.05, 0.1) is 0 Å². The van der Waals surface area contributed by atoms with E-state index < -0.39 is 23.8 Å². The zero-order valence-electron chi connectivity index (χ0n) is 18.0. The maximum absolute atomic E-state index is 12.6. The normalized spacial score (nSPS) is 11.7. The van der Waals surface area contributed by atoms with E-state index in [1.165, 1.54) is 6.08 Å². The first-order chi connectivity index (χ1) is 14.2. The smallest absolute Gasteiger partial charge is 0.408 e. The van der Waals surface area contributed by atoms with Crippen LogP contribution in [-0.4, -0.2) is 42.9 Å². The Balaban J connectivity index is 2.48. The molecule has 0 radical (unpaired) electrons. The first kappa shape index (κ1) is 25.0. The maximum atomic E-state index is 12.6. The molecular weight excluding hydrogens is 386 g/mol. The third-order valence-corrected chi connectivity index (χ3v) is 3.84. The fourth-order valence-electron chi connectivity index (χ4n) is 2.47. The van der Waals surface area contributed by atoms with E-state index in [1.54, 1.807) is 20.8 Å². The molecule has 1 atom stereocenters. The summed E-state index contributed by atoms with van der Waals surface area (Å²) in [5, 5.41) is 8.08. The highest BCUT2D eigenvalue weighted by Gasteiger charge is 2.21. The fourth-order valence-corrected chi connectivity index (χ4v) is 2.47. The number of alkyl carbamates (subject to hydrolysis) is 2. The summed E-state index contributed by atoms with van der Waals surface area (Å²) >= 11 is 0. The standard InChI is InChI=1S/C22H33N3O5/c1-5-15-29-21(28)25-18(19(26)24-16-17-11-7-6-8-12-17)13-9-10-14-23-20(27)30-22(2,3)4/h5-8,11-12,18H,1,9-10,13-16H2,2-4H3,(H,23,27)(H,24,26)(H,25,28). The van der Waals surface area contributed by atoms with Gasteiger partial charge in [-0.25, -0.2) is 9.59 Å². The van der Waals surface area contributed by atoms with E-state index in [0.717, 1.165) is 5.56 Å². The minimum atomic E-state index is -0.743. The second-order valence-electron chi connectivity index (χ2n) is 7.71. The quantitative estimate of drug-likeness (QED) is 0.377. The van der Waals surface area contributed by atoms with Crippen LogP contribution in [0.25, 0.3) is 0 Å². The Hall–Kier alpha value is -3.03. The van der Waals surface area contributed by atoms with Crippen LogP contribution in [-0.2, 0) is 20.8 Å². The van der Waals surface area contributed by atoms with Crippen molar-refractivity contribution >= 4 is 18.1 Å². The van der Waals surface area contributed by atoms with Gasteiger partial charge in [-0.15, -0.1) is 0 Å². The summed E-state index contributed by atoms with van der Waals surface area (Å²) < 4.78 is 10.1. The second-order valence-corrected chi connectivity index (χ2v) is 7.71. The molecule has 0 heterocycles. The first-order valence-corrected chi connectivity index (χ1v) is 10.0. The lowest BCUT2D eigenvalue weighted by Gasteiger charge is -2.20. The summed E-state index contributed by atoms with van der Waals surface area (Å²) in [5.74, 6) is -0.297. The molecule has 0 saturated heterocycles. The van der Waals surface area contributed by atoms with Crippen molar-refractivity contribution in [3.05, 3.63) is 48.6 Å². The number of hydrogen-bond acceptors (Lipinski definition) is 5. The minimum absolute atomic E-state index is 0.0595. The molecule has 0 aliphatic rings. The van der Waals surface area contributed by atoms with Crippen LogP contribution in [0.2, 0.25) is 0 Å². The maximum Gasteiger partial charge on any atom is 0.408 e. The summed E-state index contributed by atoms with van der Waals surface area (Å²) in [6, 6.07) is 8.75. The van der Waals surface area contributed by atoms with E-state index >= 15 is 0 Å². The predicted molar refractivity (Wildman–Crippen MR) is 115 cm³/mol. The number of nitrogens with one attached hydrogen (secondary N) is 3. The van der Waals surface area contributed by atoms with Crippen molar-refractivity contribution in [3.63, 3.8) is 0 Å². The number of hydrogen-bond donors (Lipinski definition) is 3. The van der Waals surface area contributed by atoms with Crippen molar-refractivity contribution < 1.29 is 23.9 Å². The van der Waals surface area contributed by atoms with Crippen LogP contribution in [0.4, 0.5) is 9.59 Å². The monoisotopic (exact) mass is 419 g/mol. The highest BCUT2D eigenvalue weighted by atomic mass is 16.6. The molecule has 3 amide bonds. The molecule has 1 unspecified atom stereocenters. The molecule has 166 valence electrons. The van der Waals surface area contributed by atoms with Crippen LogP contribution in [0.3, 0.4) is 0 Å². The average molecular weight is 420 g/mol. The number of carbonyl (C=O) groups is 3. The summed E-state index contributed by atoms with van der Waals surface area (Å²) in [4.78, 5) is 36.1. The van der Waals surface area contributed by atoms with Gasteiger partial charge in [-0.2, -0.15) is 0 Å². The van der Waals surface area contributed by atoms with Gasteiger partial charge in [0.1, 0.15) is 18.2 Å². The number of rotatable bonds is 11. The highest BCUT2D eigenvalue weighted by molar-refractivity contribution is 5.85. The number of unbranched alkanes of at least 4 members (excludes halogenated alkanes) is 1. The predicted octanol–water partition coefficient (Wildman–Crippen LogP) is 3.28. The Kier molecular flexibility index (Phi) is 11.0. The van der Waals surface area contributed by atoms with E-state index in [0.29, 0.717) is 32.4 Å². The SMILES string of the molecule is C=CCOC(=O)NC(CCCCNC(=O)OC(C)(C)C)C(=O)NCc1ccccc1. The summed E-state index contributed by atoms with van der Waals surface area (Å²) in [5.41, 5.74) is 0.405. The molecule has 8 nitrogen and oxygen atoms in total. The van der Waals surface area contributed by atoms with Gasteiger partial charge in [0.15, 0.2) is 0 Å². The Morgan fingerprint density at radius 3 is 2.40 bits per heavy atom. The van der Waals surface area contributed by atoms with Gasteiger partial charge < -0.3 is 25.4 Å². The molecule has 0 aliphatic carbocycles.